The van der Waals surface area contributed by atoms with E-state index in [1.54, 1.807) is 6.92 Å². The molecule has 1 atom stereocenters. The molecular weight excluding hydrogens is 298 g/mol. The van der Waals surface area contributed by atoms with Gasteiger partial charge in [0, 0.05) is 25.3 Å². The minimum atomic E-state index is -0.697. The summed E-state index contributed by atoms with van der Waals surface area (Å²) < 4.78 is 1.44. The van der Waals surface area contributed by atoms with Crippen molar-refractivity contribution in [3.8, 4) is 0 Å². The number of aromatic nitrogens is 3. The molecule has 23 heavy (non-hydrogen) atoms. The molecule has 0 bridgehead atoms. The lowest BCUT2D eigenvalue weighted by Crippen LogP contribution is -2.37. The van der Waals surface area contributed by atoms with Crippen LogP contribution >= 0.6 is 0 Å². The molecule has 1 aromatic heterocycles. The highest BCUT2D eigenvalue weighted by molar-refractivity contribution is 5.91. The molecule has 2 aromatic rings. The van der Waals surface area contributed by atoms with Gasteiger partial charge < -0.3 is 15.3 Å². The van der Waals surface area contributed by atoms with E-state index in [0.717, 1.165) is 5.69 Å². The predicted octanol–water partition coefficient (Wildman–Crippen LogP) is -0.0994. The topological polar surface area (TPSA) is 100 Å². The fourth-order valence-electron chi connectivity index (χ4n) is 2.43. The third-order valence-electron chi connectivity index (χ3n) is 3.56. The van der Waals surface area contributed by atoms with E-state index in [1.165, 1.54) is 4.57 Å². The molecule has 0 aliphatic carbocycles. The van der Waals surface area contributed by atoms with Crippen LogP contribution in [-0.4, -0.2) is 45.0 Å². The number of benzene rings is 1. The Morgan fingerprint density at radius 2 is 2.04 bits per heavy atom. The van der Waals surface area contributed by atoms with Crippen LogP contribution in [0.5, 0.6) is 0 Å². The maximum atomic E-state index is 12.4. The van der Waals surface area contributed by atoms with E-state index in [-0.39, 0.29) is 12.2 Å². The van der Waals surface area contributed by atoms with E-state index >= 15 is 0 Å². The van der Waals surface area contributed by atoms with Gasteiger partial charge in [-0.15, -0.1) is 10.2 Å². The van der Waals surface area contributed by atoms with E-state index in [1.807, 2.05) is 35.2 Å². The molecule has 1 amide bonds. The highest BCUT2D eigenvalue weighted by Crippen LogP contribution is 2.25. The van der Waals surface area contributed by atoms with Crippen molar-refractivity contribution < 1.29 is 9.90 Å². The van der Waals surface area contributed by atoms with Gasteiger partial charge in [-0.25, -0.2) is 0 Å². The summed E-state index contributed by atoms with van der Waals surface area (Å²) in [6, 6.07) is 9.56. The molecule has 0 spiro atoms. The van der Waals surface area contributed by atoms with Crippen LogP contribution in [0.4, 0.5) is 11.6 Å². The standard InChI is InChI=1S/C15H17N5O3/c1-10(21)9-16-13(22)12-14(23)20-8-7-19(15(20)18-17-12)11-5-3-2-4-6-11/h2-6,10,21H,7-9H2,1H3,(H,16,22)/t10-/m1/s1. The van der Waals surface area contributed by atoms with Gasteiger partial charge in [0.1, 0.15) is 0 Å². The Hall–Kier alpha value is -2.74. The highest BCUT2D eigenvalue weighted by Gasteiger charge is 2.27. The Balaban J connectivity index is 1.90. The second kappa shape index (κ2) is 6.17. The van der Waals surface area contributed by atoms with Crippen molar-refractivity contribution in [2.45, 2.75) is 19.6 Å². The molecule has 1 aliphatic rings. The van der Waals surface area contributed by atoms with Crippen molar-refractivity contribution in [3.05, 3.63) is 46.4 Å². The summed E-state index contributed by atoms with van der Waals surface area (Å²) in [5.74, 6) is -0.204. The van der Waals surface area contributed by atoms with Crippen molar-refractivity contribution in [3.63, 3.8) is 0 Å². The Morgan fingerprint density at radius 3 is 2.74 bits per heavy atom. The summed E-state index contributed by atoms with van der Waals surface area (Å²) in [5, 5.41) is 19.5. The largest absolute Gasteiger partial charge is 0.392 e. The van der Waals surface area contributed by atoms with Gasteiger partial charge in [-0.2, -0.15) is 0 Å². The average molecular weight is 315 g/mol. The number of amides is 1. The maximum Gasteiger partial charge on any atom is 0.286 e. The van der Waals surface area contributed by atoms with Crippen LogP contribution in [0, 0.1) is 0 Å². The third kappa shape index (κ3) is 2.93. The molecule has 0 radical (unpaired) electrons. The number of carbonyl (C=O) groups is 1. The first kappa shape index (κ1) is 15.2. The number of hydrogen-bond donors (Lipinski definition) is 2. The normalized spacial score (nSPS) is 14.4. The van der Waals surface area contributed by atoms with Crippen LogP contribution in [0.2, 0.25) is 0 Å². The second-order valence-corrected chi connectivity index (χ2v) is 5.35. The van der Waals surface area contributed by atoms with E-state index in [0.29, 0.717) is 19.0 Å². The molecule has 2 heterocycles. The van der Waals surface area contributed by atoms with E-state index in [2.05, 4.69) is 15.5 Å². The van der Waals surface area contributed by atoms with Crippen molar-refractivity contribution in [2.75, 3.05) is 18.0 Å². The molecule has 0 saturated carbocycles. The number of nitrogens with one attached hydrogen (secondary N) is 1. The molecular formula is C15H17N5O3. The molecule has 3 rings (SSSR count). The molecule has 0 unspecified atom stereocenters. The number of anilines is 2. The van der Waals surface area contributed by atoms with Crippen molar-refractivity contribution in [1.82, 2.24) is 20.1 Å². The number of para-hydroxylation sites is 1. The van der Waals surface area contributed by atoms with Crippen LogP contribution < -0.4 is 15.8 Å². The van der Waals surface area contributed by atoms with Gasteiger partial charge in [-0.1, -0.05) is 18.2 Å². The van der Waals surface area contributed by atoms with Gasteiger partial charge in [0.15, 0.2) is 0 Å². The van der Waals surface area contributed by atoms with Gasteiger partial charge >= 0.3 is 0 Å². The van der Waals surface area contributed by atoms with Crippen LogP contribution in [0.3, 0.4) is 0 Å². The summed E-state index contributed by atoms with van der Waals surface area (Å²) in [6.07, 6.45) is -0.697. The monoisotopic (exact) mass is 315 g/mol. The minimum Gasteiger partial charge on any atom is -0.392 e. The van der Waals surface area contributed by atoms with Crippen LogP contribution in [0.15, 0.2) is 35.1 Å². The Labute approximate surface area is 132 Å². The molecule has 8 nitrogen and oxygen atoms in total. The highest BCUT2D eigenvalue weighted by atomic mass is 16.3. The van der Waals surface area contributed by atoms with Crippen molar-refractivity contribution >= 4 is 17.5 Å². The van der Waals surface area contributed by atoms with Gasteiger partial charge in [0.25, 0.3) is 11.5 Å². The first-order valence-corrected chi connectivity index (χ1v) is 7.34. The number of carbonyl (C=O) groups excluding carboxylic acids is 1. The Kier molecular flexibility index (Phi) is 4.07. The fourth-order valence-corrected chi connectivity index (χ4v) is 2.43. The number of fused-ring (bicyclic) bond motifs is 1. The van der Waals surface area contributed by atoms with Gasteiger partial charge in [-0.05, 0) is 19.1 Å². The molecule has 8 heteroatoms. The first-order chi connectivity index (χ1) is 11.1. The molecule has 0 saturated heterocycles. The maximum absolute atomic E-state index is 12.4. The predicted molar refractivity (Wildman–Crippen MR) is 83.8 cm³/mol. The summed E-state index contributed by atoms with van der Waals surface area (Å²) in [7, 11) is 0. The van der Waals surface area contributed by atoms with E-state index < -0.39 is 17.6 Å². The molecule has 1 aliphatic heterocycles. The SMILES string of the molecule is C[C@@H](O)CNC(=O)c1nnc2n(c1=O)CCN2c1ccccc1. The Bertz CT molecular complexity index is 772. The third-order valence-corrected chi connectivity index (χ3v) is 3.56. The van der Waals surface area contributed by atoms with E-state index in [9.17, 15) is 14.7 Å². The molecule has 2 N–H and O–H groups in total. The molecule has 0 fully saturated rings. The quantitative estimate of drug-likeness (QED) is 0.817. The zero-order valence-corrected chi connectivity index (χ0v) is 12.6. The average Bonchev–Trinajstić information content (AvgIpc) is 2.98. The summed E-state index contributed by atoms with van der Waals surface area (Å²) in [4.78, 5) is 26.3. The number of hydrogen-bond acceptors (Lipinski definition) is 6. The zero-order chi connectivity index (χ0) is 16.4. The zero-order valence-electron chi connectivity index (χ0n) is 12.6. The lowest BCUT2D eigenvalue weighted by Gasteiger charge is -2.16. The van der Waals surface area contributed by atoms with Gasteiger partial charge in [0.05, 0.1) is 6.10 Å². The van der Waals surface area contributed by atoms with Gasteiger partial charge in [0.2, 0.25) is 11.6 Å². The lowest BCUT2D eigenvalue weighted by molar-refractivity contribution is 0.0915. The second-order valence-electron chi connectivity index (χ2n) is 5.35. The smallest absolute Gasteiger partial charge is 0.286 e. The fraction of sp³-hybridized carbons (Fsp3) is 0.333. The van der Waals surface area contributed by atoms with Crippen LogP contribution in [0.25, 0.3) is 0 Å². The van der Waals surface area contributed by atoms with Crippen LogP contribution in [0.1, 0.15) is 17.4 Å². The number of aliphatic hydroxyl groups excluding tert-OH is 1. The van der Waals surface area contributed by atoms with Crippen LogP contribution in [-0.2, 0) is 6.54 Å². The van der Waals surface area contributed by atoms with Crippen molar-refractivity contribution in [2.24, 2.45) is 0 Å². The first-order valence-electron chi connectivity index (χ1n) is 7.34. The Morgan fingerprint density at radius 1 is 1.30 bits per heavy atom. The number of aliphatic hydroxyl groups is 1. The number of nitrogens with zero attached hydrogens (tertiary/aromatic N) is 4. The summed E-state index contributed by atoms with van der Waals surface area (Å²) >= 11 is 0. The van der Waals surface area contributed by atoms with E-state index in [4.69, 9.17) is 0 Å². The summed E-state index contributed by atoms with van der Waals surface area (Å²) in [5.41, 5.74) is 0.180. The minimum absolute atomic E-state index is 0.0534. The van der Waals surface area contributed by atoms with Crippen molar-refractivity contribution in [1.29, 1.82) is 0 Å². The molecule has 1 aromatic carbocycles. The lowest BCUT2D eigenvalue weighted by atomic mass is 10.3. The molecule has 120 valence electrons. The summed E-state index contributed by atoms with van der Waals surface area (Å²) in [6.45, 7) is 2.62. The van der Waals surface area contributed by atoms with Gasteiger partial charge in [-0.3, -0.25) is 14.2 Å². The number of rotatable bonds is 4.